The highest BCUT2D eigenvalue weighted by Crippen LogP contribution is 2.21. The molecule has 1 heterocycles. The molecular formula is C9H15F3N2S. The van der Waals surface area contributed by atoms with E-state index >= 15 is 0 Å². The second-order valence-electron chi connectivity index (χ2n) is 4.02. The number of aliphatic imine (C=N–C) groups is 1. The molecule has 0 aliphatic carbocycles. The first-order valence-electron chi connectivity index (χ1n) is 4.87. The zero-order valence-corrected chi connectivity index (χ0v) is 9.58. The van der Waals surface area contributed by atoms with Gasteiger partial charge in [0.1, 0.15) is 6.54 Å². The summed E-state index contributed by atoms with van der Waals surface area (Å²) in [7, 11) is 0. The largest absolute Gasteiger partial charge is 0.408 e. The van der Waals surface area contributed by atoms with E-state index in [1.54, 1.807) is 0 Å². The topological polar surface area (TPSA) is 24.4 Å². The summed E-state index contributed by atoms with van der Waals surface area (Å²) in [6.45, 7) is 3.10. The molecule has 0 saturated carbocycles. The SMILES string of the molecule is CC(C)CC1CSC(=NCC(F)(F)F)N1. The van der Waals surface area contributed by atoms with Gasteiger partial charge in [-0.15, -0.1) is 0 Å². The molecule has 0 aromatic heterocycles. The molecule has 0 spiro atoms. The Hall–Kier alpha value is -0.390. The Morgan fingerprint density at radius 3 is 2.73 bits per heavy atom. The van der Waals surface area contributed by atoms with Crippen molar-refractivity contribution in [3.05, 3.63) is 0 Å². The second-order valence-corrected chi connectivity index (χ2v) is 5.03. The number of hydrogen-bond donors (Lipinski definition) is 1. The highest BCUT2D eigenvalue weighted by molar-refractivity contribution is 8.14. The van der Waals surface area contributed by atoms with Crippen LogP contribution in [0.3, 0.4) is 0 Å². The van der Waals surface area contributed by atoms with Crippen LogP contribution in [0.5, 0.6) is 0 Å². The van der Waals surface area contributed by atoms with Crippen molar-refractivity contribution in [2.75, 3.05) is 12.3 Å². The van der Waals surface area contributed by atoms with Crippen molar-refractivity contribution in [3.63, 3.8) is 0 Å². The average molecular weight is 240 g/mol. The summed E-state index contributed by atoms with van der Waals surface area (Å²) < 4.78 is 35.6. The molecule has 1 aliphatic heterocycles. The Bertz CT molecular complexity index is 238. The van der Waals surface area contributed by atoms with Crippen molar-refractivity contribution >= 4 is 16.9 Å². The predicted octanol–water partition coefficient (Wildman–Crippen LogP) is 2.66. The number of alkyl halides is 3. The quantitative estimate of drug-likeness (QED) is 0.820. The average Bonchev–Trinajstić information content (AvgIpc) is 2.46. The zero-order chi connectivity index (χ0) is 11.5. The molecule has 0 aromatic rings. The van der Waals surface area contributed by atoms with E-state index in [1.165, 1.54) is 11.8 Å². The monoisotopic (exact) mass is 240 g/mol. The van der Waals surface area contributed by atoms with Gasteiger partial charge < -0.3 is 5.32 Å². The van der Waals surface area contributed by atoms with E-state index in [9.17, 15) is 13.2 Å². The van der Waals surface area contributed by atoms with Gasteiger partial charge in [-0.1, -0.05) is 25.6 Å². The third-order valence-electron chi connectivity index (χ3n) is 1.91. The Morgan fingerprint density at radius 2 is 2.20 bits per heavy atom. The Morgan fingerprint density at radius 1 is 1.53 bits per heavy atom. The lowest BCUT2D eigenvalue weighted by Crippen LogP contribution is -2.29. The van der Waals surface area contributed by atoms with Gasteiger partial charge in [0, 0.05) is 11.8 Å². The van der Waals surface area contributed by atoms with Gasteiger partial charge in [-0.3, -0.25) is 4.99 Å². The number of thioether (sulfide) groups is 1. The number of amidine groups is 1. The van der Waals surface area contributed by atoms with E-state index in [2.05, 4.69) is 24.2 Å². The van der Waals surface area contributed by atoms with E-state index in [0.29, 0.717) is 11.1 Å². The van der Waals surface area contributed by atoms with Gasteiger partial charge in [0.05, 0.1) is 0 Å². The van der Waals surface area contributed by atoms with Crippen LogP contribution in [-0.4, -0.2) is 29.7 Å². The number of rotatable bonds is 3. The number of nitrogens with zero attached hydrogens (tertiary/aromatic N) is 1. The normalized spacial score (nSPS) is 24.9. The molecule has 0 aromatic carbocycles. The molecule has 1 rings (SSSR count). The lowest BCUT2D eigenvalue weighted by molar-refractivity contribution is -0.118. The molecule has 1 N–H and O–H groups in total. The first kappa shape index (κ1) is 12.7. The van der Waals surface area contributed by atoms with Crippen LogP contribution in [0.15, 0.2) is 4.99 Å². The Labute approximate surface area is 91.7 Å². The summed E-state index contributed by atoms with van der Waals surface area (Å²) in [5.41, 5.74) is 0. The van der Waals surface area contributed by atoms with E-state index in [-0.39, 0.29) is 6.04 Å². The van der Waals surface area contributed by atoms with Gasteiger partial charge in [0.15, 0.2) is 5.17 Å². The summed E-state index contributed by atoms with van der Waals surface area (Å²) in [5, 5.41) is 3.44. The number of nitrogens with one attached hydrogen (secondary N) is 1. The number of hydrogen-bond acceptors (Lipinski definition) is 2. The third kappa shape index (κ3) is 5.30. The molecule has 1 atom stereocenters. The molecule has 0 bridgehead atoms. The van der Waals surface area contributed by atoms with Crippen molar-refractivity contribution in [2.45, 2.75) is 32.5 Å². The van der Waals surface area contributed by atoms with Crippen molar-refractivity contribution in [1.82, 2.24) is 5.32 Å². The van der Waals surface area contributed by atoms with Crippen molar-refractivity contribution in [1.29, 1.82) is 0 Å². The molecule has 2 nitrogen and oxygen atoms in total. The van der Waals surface area contributed by atoms with Crippen molar-refractivity contribution < 1.29 is 13.2 Å². The van der Waals surface area contributed by atoms with E-state index in [4.69, 9.17) is 0 Å². The molecule has 1 unspecified atom stereocenters. The van der Waals surface area contributed by atoms with Gasteiger partial charge in [-0.2, -0.15) is 13.2 Å². The van der Waals surface area contributed by atoms with E-state index in [1.807, 2.05) is 0 Å². The van der Waals surface area contributed by atoms with E-state index in [0.717, 1.165) is 12.2 Å². The fourth-order valence-electron chi connectivity index (χ4n) is 1.39. The molecule has 1 saturated heterocycles. The molecule has 15 heavy (non-hydrogen) atoms. The fraction of sp³-hybridized carbons (Fsp3) is 0.889. The second kappa shape index (κ2) is 5.09. The van der Waals surface area contributed by atoms with E-state index < -0.39 is 12.7 Å². The molecule has 0 radical (unpaired) electrons. The third-order valence-corrected chi connectivity index (χ3v) is 3.00. The van der Waals surface area contributed by atoms with Gasteiger partial charge >= 0.3 is 6.18 Å². The Kier molecular flexibility index (Phi) is 4.31. The lowest BCUT2D eigenvalue weighted by atomic mass is 10.1. The lowest BCUT2D eigenvalue weighted by Gasteiger charge is -2.11. The minimum absolute atomic E-state index is 0.266. The zero-order valence-electron chi connectivity index (χ0n) is 8.77. The molecule has 1 aliphatic rings. The molecule has 1 fully saturated rings. The number of halogens is 3. The maximum atomic E-state index is 11.9. The van der Waals surface area contributed by atoms with Gasteiger partial charge in [-0.25, -0.2) is 0 Å². The highest BCUT2D eigenvalue weighted by atomic mass is 32.2. The predicted molar refractivity (Wildman–Crippen MR) is 57.2 cm³/mol. The summed E-state index contributed by atoms with van der Waals surface area (Å²) in [6.07, 6.45) is -3.23. The first-order chi connectivity index (χ1) is 6.87. The molecular weight excluding hydrogens is 225 g/mol. The van der Waals surface area contributed by atoms with Gasteiger partial charge in [-0.05, 0) is 12.3 Å². The van der Waals surface area contributed by atoms with Crippen LogP contribution in [-0.2, 0) is 0 Å². The highest BCUT2D eigenvalue weighted by Gasteiger charge is 2.28. The molecule has 6 heteroatoms. The summed E-state index contributed by atoms with van der Waals surface area (Å²) in [5.74, 6) is 1.36. The summed E-state index contributed by atoms with van der Waals surface area (Å²) in [6, 6.07) is 0.266. The van der Waals surface area contributed by atoms with Crippen LogP contribution in [0.2, 0.25) is 0 Å². The smallest absolute Gasteiger partial charge is 0.361 e. The first-order valence-corrected chi connectivity index (χ1v) is 5.86. The maximum Gasteiger partial charge on any atom is 0.408 e. The minimum atomic E-state index is -4.20. The van der Waals surface area contributed by atoms with Crippen LogP contribution in [0.4, 0.5) is 13.2 Å². The van der Waals surface area contributed by atoms with Crippen molar-refractivity contribution in [3.8, 4) is 0 Å². The van der Waals surface area contributed by atoms with Crippen molar-refractivity contribution in [2.24, 2.45) is 10.9 Å². The maximum absolute atomic E-state index is 11.9. The standard InChI is InChI=1S/C9H15F3N2S/c1-6(2)3-7-4-15-8(14-7)13-5-9(10,11)12/h6-7H,3-5H2,1-2H3,(H,13,14). The van der Waals surface area contributed by atoms with Crippen LogP contribution in [0.25, 0.3) is 0 Å². The van der Waals surface area contributed by atoms with Crippen LogP contribution >= 0.6 is 11.8 Å². The van der Waals surface area contributed by atoms with Crippen LogP contribution in [0, 0.1) is 5.92 Å². The molecule has 0 amide bonds. The molecule has 88 valence electrons. The van der Waals surface area contributed by atoms with Gasteiger partial charge in [0.25, 0.3) is 0 Å². The summed E-state index contributed by atoms with van der Waals surface area (Å²) in [4.78, 5) is 3.50. The minimum Gasteiger partial charge on any atom is -0.361 e. The fourth-order valence-corrected chi connectivity index (χ4v) is 2.37. The summed E-state index contributed by atoms with van der Waals surface area (Å²) >= 11 is 1.37. The van der Waals surface area contributed by atoms with Gasteiger partial charge in [0.2, 0.25) is 0 Å². The van der Waals surface area contributed by atoms with Crippen LogP contribution in [0.1, 0.15) is 20.3 Å². The van der Waals surface area contributed by atoms with Crippen LogP contribution < -0.4 is 5.32 Å². The Balaban J connectivity index is 2.36.